The first-order valence-electron chi connectivity index (χ1n) is 9.59. The largest absolute Gasteiger partial charge is 0.480 e. The highest BCUT2D eigenvalue weighted by molar-refractivity contribution is 7.80. The van der Waals surface area contributed by atoms with E-state index in [0.717, 1.165) is 0 Å². The summed E-state index contributed by atoms with van der Waals surface area (Å²) in [6.07, 6.45) is 0.995. The molecular weight excluding hydrogens is 416 g/mol. The normalized spacial score (nSPS) is 16.3. The van der Waals surface area contributed by atoms with Crippen molar-refractivity contribution < 1.29 is 24.3 Å². The Balaban J connectivity index is 5.20. The fourth-order valence-corrected chi connectivity index (χ4v) is 2.91. The second kappa shape index (κ2) is 13.7. The molecule has 0 saturated carbocycles. The highest BCUT2D eigenvalue weighted by Crippen LogP contribution is 2.08. The third kappa shape index (κ3) is 9.72. The van der Waals surface area contributed by atoms with Gasteiger partial charge in [0, 0.05) is 11.5 Å². The summed E-state index contributed by atoms with van der Waals surface area (Å²) in [5, 5.41) is 16.6. The summed E-state index contributed by atoms with van der Waals surface area (Å²) in [5.74, 6) is -3.01. The lowest BCUT2D eigenvalue weighted by Gasteiger charge is -2.26. The Bertz CT molecular complexity index is 576. The molecule has 9 nitrogen and oxygen atoms in total. The van der Waals surface area contributed by atoms with Crippen LogP contribution in [0.2, 0.25) is 0 Å². The van der Waals surface area contributed by atoms with E-state index >= 15 is 0 Å². The summed E-state index contributed by atoms with van der Waals surface area (Å²) in [5.41, 5.74) is 5.89. The molecule has 3 amide bonds. The lowest BCUT2D eigenvalue weighted by atomic mass is 9.99. The Kier molecular flexibility index (Phi) is 13.0. The molecule has 0 bridgehead atoms. The van der Waals surface area contributed by atoms with Gasteiger partial charge in [-0.1, -0.05) is 34.1 Å². The number of carboxylic acid groups (broad SMARTS) is 1. The monoisotopic (exact) mass is 450 g/mol. The first kappa shape index (κ1) is 27.5. The fraction of sp³-hybridized carbons (Fsp3) is 0.778. The molecule has 5 unspecified atom stereocenters. The van der Waals surface area contributed by atoms with E-state index in [0.29, 0.717) is 6.42 Å². The highest BCUT2D eigenvalue weighted by Gasteiger charge is 2.30. The predicted molar refractivity (Wildman–Crippen MR) is 118 cm³/mol. The van der Waals surface area contributed by atoms with Crippen LogP contribution in [0.4, 0.5) is 0 Å². The van der Waals surface area contributed by atoms with Crippen LogP contribution in [-0.4, -0.2) is 64.5 Å². The first-order chi connectivity index (χ1) is 13.5. The number of hydrogen-bond donors (Lipinski definition) is 7. The van der Waals surface area contributed by atoms with E-state index in [2.05, 4.69) is 41.2 Å². The second-order valence-electron chi connectivity index (χ2n) is 7.43. The number of nitrogens with two attached hydrogens (primary N) is 1. The van der Waals surface area contributed by atoms with E-state index in [4.69, 9.17) is 10.8 Å². The van der Waals surface area contributed by atoms with Crippen molar-refractivity contribution in [1.82, 2.24) is 16.0 Å². The summed E-state index contributed by atoms with van der Waals surface area (Å²) >= 11 is 8.02. The number of amides is 3. The van der Waals surface area contributed by atoms with Gasteiger partial charge < -0.3 is 26.8 Å². The zero-order valence-electron chi connectivity index (χ0n) is 17.3. The van der Waals surface area contributed by atoms with Gasteiger partial charge in [-0.2, -0.15) is 25.3 Å². The summed E-state index contributed by atoms with van der Waals surface area (Å²) in [6.45, 7) is 7.47. The molecule has 0 saturated heterocycles. The second-order valence-corrected chi connectivity index (χ2v) is 8.16. The standard InChI is InChI=1S/C18H34N4O5S2/c1-5-10(4)14(19)17(25)21-12(7-28)16(24)20-11(6-9(2)3)15(23)22-13(8-29)18(26)27/h9-14,28-29H,5-8,19H2,1-4H3,(H,20,24)(H,21,25)(H,22,23)(H,26,27). The Labute approximate surface area is 183 Å². The molecular formula is C18H34N4O5S2. The Morgan fingerprint density at radius 3 is 1.72 bits per heavy atom. The van der Waals surface area contributed by atoms with Gasteiger partial charge in [-0.3, -0.25) is 14.4 Å². The fourth-order valence-electron chi connectivity index (χ4n) is 2.41. The van der Waals surface area contributed by atoms with Crippen LogP contribution in [0, 0.1) is 11.8 Å². The van der Waals surface area contributed by atoms with Gasteiger partial charge in [-0.05, 0) is 18.3 Å². The van der Waals surface area contributed by atoms with Crippen molar-refractivity contribution in [3.63, 3.8) is 0 Å². The van der Waals surface area contributed by atoms with Gasteiger partial charge in [0.15, 0.2) is 0 Å². The molecule has 29 heavy (non-hydrogen) atoms. The lowest BCUT2D eigenvalue weighted by molar-refractivity contribution is -0.141. The van der Waals surface area contributed by atoms with E-state index in [1.807, 2.05) is 27.7 Å². The number of nitrogens with one attached hydrogen (secondary N) is 3. The SMILES string of the molecule is CCC(C)C(N)C(=O)NC(CS)C(=O)NC(CC(C)C)C(=O)NC(CS)C(=O)O. The van der Waals surface area contributed by atoms with Gasteiger partial charge in [0.2, 0.25) is 17.7 Å². The van der Waals surface area contributed by atoms with Crippen LogP contribution < -0.4 is 21.7 Å². The molecule has 0 spiro atoms. The van der Waals surface area contributed by atoms with Crippen LogP contribution in [0.5, 0.6) is 0 Å². The van der Waals surface area contributed by atoms with Crippen LogP contribution in [0.1, 0.15) is 40.5 Å². The average molecular weight is 451 g/mol. The van der Waals surface area contributed by atoms with E-state index < -0.39 is 47.9 Å². The van der Waals surface area contributed by atoms with Gasteiger partial charge in [0.25, 0.3) is 0 Å². The van der Waals surface area contributed by atoms with E-state index in [1.54, 1.807) is 0 Å². The third-order valence-electron chi connectivity index (χ3n) is 4.51. The van der Waals surface area contributed by atoms with Gasteiger partial charge >= 0.3 is 5.97 Å². The Morgan fingerprint density at radius 1 is 0.862 bits per heavy atom. The number of aliphatic carboxylic acids is 1. The summed E-state index contributed by atoms with van der Waals surface area (Å²) in [6, 6.07) is -3.89. The van der Waals surface area contributed by atoms with Gasteiger partial charge in [0.05, 0.1) is 6.04 Å². The number of carbonyl (C=O) groups is 4. The maximum Gasteiger partial charge on any atom is 0.327 e. The van der Waals surface area contributed by atoms with E-state index in [9.17, 15) is 19.2 Å². The molecule has 0 fully saturated rings. The van der Waals surface area contributed by atoms with Gasteiger partial charge in [0.1, 0.15) is 18.1 Å². The third-order valence-corrected chi connectivity index (χ3v) is 5.24. The number of rotatable bonds is 13. The summed E-state index contributed by atoms with van der Waals surface area (Å²) < 4.78 is 0. The number of hydrogen-bond acceptors (Lipinski definition) is 7. The molecule has 5 atom stereocenters. The maximum absolute atomic E-state index is 12.6. The van der Waals surface area contributed by atoms with Crippen molar-refractivity contribution in [2.45, 2.75) is 64.7 Å². The highest BCUT2D eigenvalue weighted by atomic mass is 32.1. The number of carbonyl (C=O) groups excluding carboxylic acids is 3. The molecule has 0 aliphatic heterocycles. The molecule has 0 radical (unpaired) electrons. The topological polar surface area (TPSA) is 151 Å². The van der Waals surface area contributed by atoms with Crippen molar-refractivity contribution in [3.05, 3.63) is 0 Å². The van der Waals surface area contributed by atoms with Crippen molar-refractivity contribution >= 4 is 48.9 Å². The maximum atomic E-state index is 12.6. The van der Waals surface area contributed by atoms with Crippen LogP contribution >= 0.6 is 25.3 Å². The van der Waals surface area contributed by atoms with Crippen LogP contribution in [-0.2, 0) is 19.2 Å². The minimum atomic E-state index is -1.22. The van der Waals surface area contributed by atoms with Crippen LogP contribution in [0.15, 0.2) is 0 Å². The summed E-state index contributed by atoms with van der Waals surface area (Å²) in [7, 11) is 0. The van der Waals surface area contributed by atoms with Crippen molar-refractivity contribution in [2.75, 3.05) is 11.5 Å². The molecule has 0 aliphatic carbocycles. The zero-order valence-corrected chi connectivity index (χ0v) is 19.1. The lowest BCUT2D eigenvalue weighted by Crippen LogP contribution is -2.58. The quantitative estimate of drug-likeness (QED) is 0.193. The molecule has 0 aromatic carbocycles. The smallest absolute Gasteiger partial charge is 0.327 e. The molecule has 0 heterocycles. The minimum Gasteiger partial charge on any atom is -0.480 e. The Hall–Kier alpha value is -1.46. The molecule has 11 heteroatoms. The predicted octanol–water partition coefficient (Wildman–Crippen LogP) is -0.195. The van der Waals surface area contributed by atoms with Crippen LogP contribution in [0.25, 0.3) is 0 Å². The molecule has 168 valence electrons. The number of thiol groups is 2. The molecule has 0 aliphatic rings. The summed E-state index contributed by atoms with van der Waals surface area (Å²) in [4.78, 5) is 48.5. The first-order valence-corrected chi connectivity index (χ1v) is 10.9. The molecule has 0 rings (SSSR count). The average Bonchev–Trinajstić information content (AvgIpc) is 2.66. The van der Waals surface area contributed by atoms with Crippen molar-refractivity contribution in [2.24, 2.45) is 17.6 Å². The molecule has 6 N–H and O–H groups in total. The number of carboxylic acids is 1. The molecule has 0 aromatic rings. The van der Waals surface area contributed by atoms with Crippen molar-refractivity contribution in [1.29, 1.82) is 0 Å². The Morgan fingerprint density at radius 2 is 1.31 bits per heavy atom. The van der Waals surface area contributed by atoms with Gasteiger partial charge in [-0.15, -0.1) is 0 Å². The van der Waals surface area contributed by atoms with E-state index in [1.165, 1.54) is 0 Å². The molecule has 0 aromatic heterocycles. The minimum absolute atomic E-state index is 0.00913. The van der Waals surface area contributed by atoms with E-state index in [-0.39, 0.29) is 29.8 Å². The van der Waals surface area contributed by atoms with Crippen molar-refractivity contribution in [3.8, 4) is 0 Å². The zero-order chi connectivity index (χ0) is 22.7. The van der Waals surface area contributed by atoms with Crippen LogP contribution in [0.3, 0.4) is 0 Å². The van der Waals surface area contributed by atoms with Gasteiger partial charge in [-0.25, -0.2) is 4.79 Å².